The Morgan fingerprint density at radius 2 is 1.96 bits per heavy atom. The van der Waals surface area contributed by atoms with Crippen molar-refractivity contribution in [3.05, 3.63) is 65.0 Å². The number of thiophene rings is 1. The zero-order chi connectivity index (χ0) is 17.8. The topological polar surface area (TPSA) is 47.6 Å². The summed E-state index contributed by atoms with van der Waals surface area (Å²) in [7, 11) is 1.60. The zero-order valence-corrected chi connectivity index (χ0v) is 15.1. The molecule has 3 aromatic rings. The van der Waals surface area contributed by atoms with Crippen molar-refractivity contribution in [1.29, 1.82) is 0 Å². The van der Waals surface area contributed by atoms with Gasteiger partial charge in [0.25, 0.3) is 5.91 Å². The Morgan fingerprint density at radius 1 is 1.24 bits per heavy atom. The molecule has 0 bridgehead atoms. The fourth-order valence-corrected chi connectivity index (χ4v) is 3.74. The maximum atomic E-state index is 12.6. The van der Waals surface area contributed by atoms with Crippen LogP contribution in [0.5, 0.6) is 11.5 Å². The van der Waals surface area contributed by atoms with Crippen LogP contribution < -0.4 is 14.8 Å². The van der Waals surface area contributed by atoms with Crippen LogP contribution >= 0.6 is 22.9 Å². The molecular weight excluding hydrogens is 358 g/mol. The third-order valence-electron chi connectivity index (χ3n) is 3.52. The first-order valence-corrected chi connectivity index (χ1v) is 8.73. The van der Waals surface area contributed by atoms with E-state index in [4.69, 9.17) is 21.1 Å². The number of rotatable bonds is 6. The number of hydrogen-bond donors (Lipinski definition) is 1. The van der Waals surface area contributed by atoms with Crippen molar-refractivity contribution in [2.24, 2.45) is 0 Å². The van der Waals surface area contributed by atoms with Gasteiger partial charge < -0.3 is 14.8 Å². The van der Waals surface area contributed by atoms with Gasteiger partial charge in [0, 0.05) is 15.8 Å². The van der Waals surface area contributed by atoms with E-state index in [2.05, 4.69) is 11.9 Å². The van der Waals surface area contributed by atoms with Gasteiger partial charge in [0.1, 0.15) is 23.0 Å². The second-order valence-corrected chi connectivity index (χ2v) is 6.62. The molecule has 0 saturated heterocycles. The Hall–Kier alpha value is -2.50. The number of methoxy groups -OCH3 is 1. The van der Waals surface area contributed by atoms with Gasteiger partial charge >= 0.3 is 0 Å². The standard InChI is InChI=1S/C19H16ClNO3S/c1-3-10-24-13-6-4-12(5-7-13)21-19(22)18-17(20)15-9-8-14(23-2)11-16(15)25-18/h3-9,11H,1,10H2,2H3,(H,21,22). The minimum absolute atomic E-state index is 0.245. The molecule has 0 atom stereocenters. The highest BCUT2D eigenvalue weighted by molar-refractivity contribution is 7.21. The molecule has 2 aromatic carbocycles. The molecular formula is C19H16ClNO3S. The van der Waals surface area contributed by atoms with Crippen molar-refractivity contribution in [3.8, 4) is 11.5 Å². The van der Waals surface area contributed by atoms with E-state index in [0.717, 1.165) is 15.8 Å². The molecule has 0 aliphatic heterocycles. The van der Waals surface area contributed by atoms with E-state index in [1.54, 1.807) is 37.5 Å². The summed E-state index contributed by atoms with van der Waals surface area (Å²) in [5.74, 6) is 1.20. The van der Waals surface area contributed by atoms with E-state index < -0.39 is 0 Å². The summed E-state index contributed by atoms with van der Waals surface area (Å²) in [6.07, 6.45) is 1.67. The van der Waals surface area contributed by atoms with Gasteiger partial charge in [-0.25, -0.2) is 0 Å². The van der Waals surface area contributed by atoms with Gasteiger partial charge in [0.2, 0.25) is 0 Å². The molecule has 1 aromatic heterocycles. The summed E-state index contributed by atoms with van der Waals surface area (Å²) in [5.41, 5.74) is 0.669. The van der Waals surface area contributed by atoms with Crippen LogP contribution in [0.25, 0.3) is 10.1 Å². The minimum atomic E-state index is -0.245. The van der Waals surface area contributed by atoms with E-state index in [9.17, 15) is 4.79 Å². The lowest BCUT2D eigenvalue weighted by Gasteiger charge is -2.06. The maximum Gasteiger partial charge on any atom is 0.267 e. The third-order valence-corrected chi connectivity index (χ3v) is 5.18. The molecule has 0 saturated carbocycles. The molecule has 0 aliphatic rings. The van der Waals surface area contributed by atoms with Crippen molar-refractivity contribution in [3.63, 3.8) is 0 Å². The van der Waals surface area contributed by atoms with Crippen molar-refractivity contribution in [1.82, 2.24) is 0 Å². The van der Waals surface area contributed by atoms with Crippen molar-refractivity contribution >= 4 is 44.6 Å². The quantitative estimate of drug-likeness (QED) is 0.590. The molecule has 1 heterocycles. The first-order chi connectivity index (χ1) is 12.1. The predicted octanol–water partition coefficient (Wildman–Crippen LogP) is 5.38. The van der Waals surface area contributed by atoms with Crippen LogP contribution in [-0.4, -0.2) is 19.6 Å². The number of halogens is 1. The Labute approximate surface area is 154 Å². The first-order valence-electron chi connectivity index (χ1n) is 7.53. The van der Waals surface area contributed by atoms with E-state index in [-0.39, 0.29) is 5.91 Å². The van der Waals surface area contributed by atoms with Gasteiger partial charge in [0.05, 0.1) is 12.1 Å². The van der Waals surface area contributed by atoms with Crippen LogP contribution in [-0.2, 0) is 0 Å². The summed E-state index contributed by atoms with van der Waals surface area (Å²) < 4.78 is 11.5. The molecule has 0 aliphatic carbocycles. The summed E-state index contributed by atoms with van der Waals surface area (Å²) in [4.78, 5) is 13.0. The molecule has 0 unspecified atom stereocenters. The van der Waals surface area contributed by atoms with Crippen LogP contribution in [0.15, 0.2) is 55.1 Å². The number of fused-ring (bicyclic) bond motifs is 1. The molecule has 0 radical (unpaired) electrons. The van der Waals surface area contributed by atoms with E-state index in [1.165, 1.54) is 11.3 Å². The second-order valence-electron chi connectivity index (χ2n) is 5.19. The van der Waals surface area contributed by atoms with E-state index >= 15 is 0 Å². The summed E-state index contributed by atoms with van der Waals surface area (Å²) in [6.45, 7) is 4.04. The molecule has 1 N–H and O–H groups in total. The highest BCUT2D eigenvalue weighted by Gasteiger charge is 2.17. The molecule has 25 heavy (non-hydrogen) atoms. The monoisotopic (exact) mass is 373 g/mol. The predicted molar refractivity (Wildman–Crippen MR) is 103 cm³/mol. The molecule has 6 heteroatoms. The fraction of sp³-hybridized carbons (Fsp3) is 0.105. The zero-order valence-electron chi connectivity index (χ0n) is 13.5. The molecule has 4 nitrogen and oxygen atoms in total. The highest BCUT2D eigenvalue weighted by atomic mass is 35.5. The number of nitrogens with one attached hydrogen (secondary N) is 1. The molecule has 1 amide bonds. The first kappa shape index (κ1) is 17.3. The van der Waals surface area contributed by atoms with Crippen LogP contribution in [0.3, 0.4) is 0 Å². The molecule has 3 rings (SSSR count). The Morgan fingerprint density at radius 3 is 2.64 bits per heavy atom. The number of ether oxygens (including phenoxy) is 2. The van der Waals surface area contributed by atoms with Crippen LogP contribution in [0.4, 0.5) is 5.69 Å². The van der Waals surface area contributed by atoms with Gasteiger partial charge in [-0.15, -0.1) is 11.3 Å². The minimum Gasteiger partial charge on any atom is -0.497 e. The normalized spacial score (nSPS) is 10.5. The molecule has 128 valence electrons. The average Bonchev–Trinajstić information content (AvgIpc) is 2.97. The van der Waals surface area contributed by atoms with Crippen LogP contribution in [0.2, 0.25) is 5.02 Å². The Bertz CT molecular complexity index is 918. The van der Waals surface area contributed by atoms with Gasteiger partial charge in [-0.05, 0) is 42.5 Å². The lowest BCUT2D eigenvalue weighted by molar-refractivity contribution is 0.103. The van der Waals surface area contributed by atoms with Gasteiger partial charge in [-0.1, -0.05) is 24.3 Å². The summed E-state index contributed by atoms with van der Waals surface area (Å²) in [6, 6.07) is 12.7. The number of carbonyl (C=O) groups excluding carboxylic acids is 1. The largest absolute Gasteiger partial charge is 0.497 e. The summed E-state index contributed by atoms with van der Waals surface area (Å²) >= 11 is 7.71. The van der Waals surface area contributed by atoms with Crippen LogP contribution in [0, 0.1) is 0 Å². The SMILES string of the molecule is C=CCOc1ccc(NC(=O)c2sc3cc(OC)ccc3c2Cl)cc1. The lowest BCUT2D eigenvalue weighted by atomic mass is 10.2. The summed E-state index contributed by atoms with van der Waals surface area (Å²) in [5, 5.41) is 4.14. The van der Waals surface area contributed by atoms with Crippen molar-refractivity contribution < 1.29 is 14.3 Å². The smallest absolute Gasteiger partial charge is 0.267 e. The number of anilines is 1. The van der Waals surface area contributed by atoms with Crippen LogP contribution in [0.1, 0.15) is 9.67 Å². The average molecular weight is 374 g/mol. The number of benzene rings is 2. The Kier molecular flexibility index (Phi) is 5.26. The fourth-order valence-electron chi connectivity index (χ4n) is 2.30. The van der Waals surface area contributed by atoms with E-state index in [0.29, 0.717) is 27.9 Å². The van der Waals surface area contributed by atoms with E-state index in [1.807, 2.05) is 18.2 Å². The van der Waals surface area contributed by atoms with Gasteiger partial charge in [-0.2, -0.15) is 0 Å². The number of hydrogen-bond acceptors (Lipinski definition) is 4. The third kappa shape index (κ3) is 3.78. The second kappa shape index (κ2) is 7.59. The number of carbonyl (C=O) groups is 1. The highest BCUT2D eigenvalue weighted by Crippen LogP contribution is 2.37. The lowest BCUT2D eigenvalue weighted by Crippen LogP contribution is -2.10. The van der Waals surface area contributed by atoms with Crippen molar-refractivity contribution in [2.45, 2.75) is 0 Å². The number of amides is 1. The van der Waals surface area contributed by atoms with Gasteiger partial charge in [-0.3, -0.25) is 4.79 Å². The molecule has 0 spiro atoms. The molecule has 0 fully saturated rings. The maximum absolute atomic E-state index is 12.6. The Balaban J connectivity index is 1.80. The van der Waals surface area contributed by atoms with Gasteiger partial charge in [0.15, 0.2) is 0 Å². The van der Waals surface area contributed by atoms with Crippen molar-refractivity contribution in [2.75, 3.05) is 19.0 Å².